The van der Waals surface area contributed by atoms with Gasteiger partial charge < -0.3 is 5.32 Å². The molecule has 0 bridgehead atoms. The van der Waals surface area contributed by atoms with Gasteiger partial charge in [-0.1, -0.05) is 6.07 Å². The number of rotatable bonds is 2. The van der Waals surface area contributed by atoms with E-state index in [4.69, 9.17) is 0 Å². The van der Waals surface area contributed by atoms with Crippen molar-refractivity contribution in [3.05, 3.63) is 30.0 Å². The molecule has 0 aliphatic carbocycles. The predicted molar refractivity (Wildman–Crippen MR) is 54.4 cm³/mol. The van der Waals surface area contributed by atoms with Gasteiger partial charge in [0.15, 0.2) is 0 Å². The Labute approximate surface area is 89.9 Å². The van der Waals surface area contributed by atoms with Gasteiger partial charge in [-0.15, -0.1) is 0 Å². The second-order valence-corrected chi connectivity index (χ2v) is 3.22. The molecule has 0 unspecified atom stereocenters. The molecule has 4 nitrogen and oxygen atoms in total. The van der Waals surface area contributed by atoms with Crippen LogP contribution in [0.2, 0.25) is 0 Å². The first-order valence-corrected chi connectivity index (χ1v) is 4.61. The highest BCUT2D eigenvalue weighted by Crippen LogP contribution is 2.20. The summed E-state index contributed by atoms with van der Waals surface area (Å²) in [5.41, 5.74) is 0.577. The van der Waals surface area contributed by atoms with Crippen molar-refractivity contribution >= 4 is 16.8 Å². The Hall–Kier alpha value is -1.98. The highest BCUT2D eigenvalue weighted by molar-refractivity contribution is 5.97. The van der Waals surface area contributed by atoms with Crippen LogP contribution in [0.15, 0.2) is 24.4 Å². The van der Waals surface area contributed by atoms with Crippen molar-refractivity contribution in [2.75, 3.05) is 7.05 Å². The molecule has 1 N–H and O–H groups in total. The molecule has 0 fully saturated rings. The molecule has 16 heavy (non-hydrogen) atoms. The predicted octanol–water partition coefficient (Wildman–Crippen LogP) is 1.79. The first kappa shape index (κ1) is 10.5. The number of hydrogen-bond donors (Lipinski definition) is 1. The summed E-state index contributed by atoms with van der Waals surface area (Å²) in [4.78, 5) is 11.3. The fraction of sp³-hybridized carbons (Fsp3) is 0.200. The summed E-state index contributed by atoms with van der Waals surface area (Å²) >= 11 is 0. The van der Waals surface area contributed by atoms with Crippen LogP contribution in [0.3, 0.4) is 0 Å². The molecule has 0 aliphatic heterocycles. The van der Waals surface area contributed by atoms with Gasteiger partial charge in [-0.3, -0.25) is 4.79 Å². The Kier molecular flexibility index (Phi) is 2.55. The van der Waals surface area contributed by atoms with Crippen molar-refractivity contribution in [2.45, 2.75) is 6.55 Å². The maximum absolute atomic E-state index is 12.5. The number of aromatic nitrogens is 2. The number of nitrogens with one attached hydrogen (secondary N) is 1. The highest BCUT2D eigenvalue weighted by Gasteiger charge is 2.13. The monoisotopic (exact) mass is 225 g/mol. The van der Waals surface area contributed by atoms with E-state index in [1.807, 2.05) is 0 Å². The Balaban J connectivity index is 2.58. The van der Waals surface area contributed by atoms with Crippen LogP contribution in [0, 0.1) is 0 Å². The zero-order valence-corrected chi connectivity index (χ0v) is 8.45. The average molecular weight is 225 g/mol. The second-order valence-electron chi connectivity index (χ2n) is 3.22. The van der Waals surface area contributed by atoms with Crippen molar-refractivity contribution < 1.29 is 13.6 Å². The Morgan fingerprint density at radius 3 is 2.88 bits per heavy atom. The minimum atomic E-state index is -2.71. The summed E-state index contributed by atoms with van der Waals surface area (Å²) in [6, 6.07) is 4.55. The second kappa shape index (κ2) is 3.88. The smallest absolute Gasteiger partial charge is 0.333 e. The lowest BCUT2D eigenvalue weighted by Gasteiger charge is -2.03. The summed E-state index contributed by atoms with van der Waals surface area (Å²) in [5.74, 6) is -0.316. The fourth-order valence-corrected chi connectivity index (χ4v) is 1.48. The van der Waals surface area contributed by atoms with Gasteiger partial charge in [0.25, 0.3) is 5.91 Å². The van der Waals surface area contributed by atoms with Crippen molar-refractivity contribution in [1.29, 1.82) is 0 Å². The summed E-state index contributed by atoms with van der Waals surface area (Å²) in [5, 5.41) is 6.56. The van der Waals surface area contributed by atoms with Gasteiger partial charge in [-0.25, -0.2) is 4.68 Å². The minimum absolute atomic E-state index is 0.246. The molecule has 84 valence electrons. The van der Waals surface area contributed by atoms with E-state index in [9.17, 15) is 13.6 Å². The number of amides is 1. The molecule has 1 heterocycles. The molecule has 0 radical (unpaired) electrons. The van der Waals surface area contributed by atoms with Crippen molar-refractivity contribution in [1.82, 2.24) is 15.1 Å². The zero-order chi connectivity index (χ0) is 11.7. The lowest BCUT2D eigenvalue weighted by atomic mass is 10.1. The van der Waals surface area contributed by atoms with Gasteiger partial charge in [-0.2, -0.15) is 13.9 Å². The standard InChI is InChI=1S/C10H9F2N3O/c1-13-9(16)6-2-3-7-5-14-15(10(11)12)8(7)4-6/h2-5,10H,1H3,(H,13,16). The maximum Gasteiger partial charge on any atom is 0.333 e. The zero-order valence-electron chi connectivity index (χ0n) is 8.45. The highest BCUT2D eigenvalue weighted by atomic mass is 19.3. The van der Waals surface area contributed by atoms with E-state index in [0.717, 1.165) is 0 Å². The van der Waals surface area contributed by atoms with Crippen LogP contribution in [0.5, 0.6) is 0 Å². The molecule has 0 saturated heterocycles. The number of fused-ring (bicyclic) bond motifs is 1. The molecule has 1 amide bonds. The summed E-state index contributed by atoms with van der Waals surface area (Å²) < 4.78 is 25.7. The van der Waals surface area contributed by atoms with Crippen LogP contribution in [0.4, 0.5) is 8.78 Å². The van der Waals surface area contributed by atoms with Crippen LogP contribution < -0.4 is 5.32 Å². The van der Waals surface area contributed by atoms with E-state index < -0.39 is 6.55 Å². The number of benzene rings is 1. The molecule has 6 heteroatoms. The molecular weight excluding hydrogens is 216 g/mol. The van der Waals surface area contributed by atoms with Crippen LogP contribution >= 0.6 is 0 Å². The van der Waals surface area contributed by atoms with E-state index in [2.05, 4.69) is 10.4 Å². The van der Waals surface area contributed by atoms with Crippen LogP contribution in [0.1, 0.15) is 16.9 Å². The van der Waals surface area contributed by atoms with E-state index in [-0.39, 0.29) is 11.4 Å². The third kappa shape index (κ3) is 1.62. The van der Waals surface area contributed by atoms with E-state index in [1.165, 1.54) is 19.3 Å². The number of alkyl halides is 2. The van der Waals surface area contributed by atoms with Crippen LogP contribution in [0.25, 0.3) is 10.9 Å². The first-order valence-electron chi connectivity index (χ1n) is 4.61. The Bertz CT molecular complexity index is 536. The summed E-state index contributed by atoms with van der Waals surface area (Å²) in [6.07, 6.45) is 1.34. The normalized spacial score (nSPS) is 11.0. The third-order valence-electron chi connectivity index (χ3n) is 2.27. The summed E-state index contributed by atoms with van der Waals surface area (Å²) in [7, 11) is 1.48. The molecule has 0 atom stereocenters. The third-order valence-corrected chi connectivity index (χ3v) is 2.27. The van der Waals surface area contributed by atoms with Crippen molar-refractivity contribution in [3.8, 4) is 0 Å². The lowest BCUT2D eigenvalue weighted by molar-refractivity contribution is 0.0614. The number of carbonyl (C=O) groups is 1. The minimum Gasteiger partial charge on any atom is -0.355 e. The lowest BCUT2D eigenvalue weighted by Crippen LogP contribution is -2.17. The molecule has 1 aromatic carbocycles. The van der Waals surface area contributed by atoms with Gasteiger partial charge in [0.1, 0.15) is 0 Å². The molecule has 0 spiro atoms. The molecule has 2 aromatic rings. The van der Waals surface area contributed by atoms with Crippen molar-refractivity contribution in [2.24, 2.45) is 0 Å². The van der Waals surface area contributed by atoms with Crippen molar-refractivity contribution in [3.63, 3.8) is 0 Å². The largest absolute Gasteiger partial charge is 0.355 e. The number of halogens is 2. The number of carbonyl (C=O) groups excluding carboxylic acids is 1. The Morgan fingerprint density at radius 1 is 1.50 bits per heavy atom. The maximum atomic E-state index is 12.5. The van der Waals surface area contributed by atoms with E-state index in [1.54, 1.807) is 12.1 Å². The van der Waals surface area contributed by atoms with Gasteiger partial charge in [0.05, 0.1) is 11.7 Å². The number of nitrogens with zero attached hydrogens (tertiary/aromatic N) is 2. The quantitative estimate of drug-likeness (QED) is 0.846. The SMILES string of the molecule is CNC(=O)c1ccc2cnn(C(F)F)c2c1. The summed E-state index contributed by atoms with van der Waals surface area (Å²) in [6.45, 7) is -2.71. The van der Waals surface area contributed by atoms with Gasteiger partial charge in [0, 0.05) is 18.0 Å². The Morgan fingerprint density at radius 2 is 2.25 bits per heavy atom. The molecular formula is C10H9F2N3O. The van der Waals surface area contributed by atoms with Gasteiger partial charge in [-0.05, 0) is 12.1 Å². The topological polar surface area (TPSA) is 46.9 Å². The van der Waals surface area contributed by atoms with Gasteiger partial charge >= 0.3 is 6.55 Å². The molecule has 0 saturated carbocycles. The molecule has 1 aromatic heterocycles. The average Bonchev–Trinajstić information content (AvgIpc) is 2.70. The van der Waals surface area contributed by atoms with E-state index >= 15 is 0 Å². The molecule has 0 aliphatic rings. The van der Waals surface area contributed by atoms with Crippen LogP contribution in [-0.2, 0) is 0 Å². The number of hydrogen-bond acceptors (Lipinski definition) is 2. The first-order chi connectivity index (χ1) is 7.63. The fourth-order valence-electron chi connectivity index (χ4n) is 1.48. The van der Waals surface area contributed by atoms with Gasteiger partial charge in [0.2, 0.25) is 0 Å². The van der Waals surface area contributed by atoms with E-state index in [0.29, 0.717) is 15.6 Å². The van der Waals surface area contributed by atoms with Crippen LogP contribution in [-0.4, -0.2) is 22.7 Å². The molecule has 2 rings (SSSR count).